The zero-order valence-electron chi connectivity index (χ0n) is 8.00. The standard InChI is InChI=1S/C11H12N2O/c1-3-8-12-11(14)13-10-7-5-4-6-9(10)2/h1,4-7H,8H2,2H3,(H2,12,13,14). The first kappa shape index (κ1) is 10.1. The SMILES string of the molecule is C#CCNC(=O)Nc1ccccc1C. The summed E-state index contributed by atoms with van der Waals surface area (Å²) in [6.45, 7) is 2.16. The van der Waals surface area contributed by atoms with Crippen molar-refractivity contribution in [2.24, 2.45) is 0 Å². The van der Waals surface area contributed by atoms with Crippen molar-refractivity contribution in [2.75, 3.05) is 11.9 Å². The highest BCUT2D eigenvalue weighted by atomic mass is 16.2. The van der Waals surface area contributed by atoms with Crippen LogP contribution in [-0.4, -0.2) is 12.6 Å². The third-order valence-corrected chi connectivity index (χ3v) is 1.74. The first-order chi connectivity index (χ1) is 6.74. The van der Waals surface area contributed by atoms with Crippen molar-refractivity contribution in [3.8, 4) is 12.3 Å². The molecule has 0 spiro atoms. The Labute approximate surface area is 83.5 Å². The van der Waals surface area contributed by atoms with E-state index in [4.69, 9.17) is 6.42 Å². The molecule has 3 nitrogen and oxygen atoms in total. The molecule has 0 radical (unpaired) electrons. The van der Waals surface area contributed by atoms with Crippen LogP contribution in [0.25, 0.3) is 0 Å². The number of terminal acetylenes is 1. The minimum absolute atomic E-state index is 0.234. The summed E-state index contributed by atoms with van der Waals surface area (Å²) in [6.07, 6.45) is 5.01. The zero-order chi connectivity index (χ0) is 10.4. The summed E-state index contributed by atoms with van der Waals surface area (Å²) in [4.78, 5) is 11.2. The predicted octanol–water partition coefficient (Wildman–Crippen LogP) is 1.75. The smallest absolute Gasteiger partial charge is 0.320 e. The number of carbonyl (C=O) groups excluding carboxylic acids is 1. The molecule has 0 heterocycles. The minimum Gasteiger partial charge on any atom is -0.327 e. The molecule has 0 bridgehead atoms. The summed E-state index contributed by atoms with van der Waals surface area (Å²) < 4.78 is 0. The van der Waals surface area contributed by atoms with Crippen LogP contribution in [0.4, 0.5) is 10.5 Å². The van der Waals surface area contributed by atoms with Gasteiger partial charge in [0.1, 0.15) is 0 Å². The van der Waals surface area contributed by atoms with Crippen LogP contribution in [0.5, 0.6) is 0 Å². The molecule has 0 atom stereocenters. The van der Waals surface area contributed by atoms with Crippen molar-refractivity contribution in [2.45, 2.75) is 6.92 Å². The molecule has 0 fully saturated rings. The average molecular weight is 188 g/mol. The van der Waals surface area contributed by atoms with Gasteiger partial charge < -0.3 is 10.6 Å². The quantitative estimate of drug-likeness (QED) is 0.682. The van der Waals surface area contributed by atoms with Gasteiger partial charge in [0.15, 0.2) is 0 Å². The Morgan fingerprint density at radius 1 is 1.50 bits per heavy atom. The Balaban J connectivity index is 2.57. The molecular weight excluding hydrogens is 176 g/mol. The molecule has 1 rings (SSSR count). The molecule has 0 unspecified atom stereocenters. The molecule has 72 valence electrons. The van der Waals surface area contributed by atoms with E-state index in [0.717, 1.165) is 11.3 Å². The number of hydrogen-bond donors (Lipinski definition) is 2. The first-order valence-corrected chi connectivity index (χ1v) is 4.28. The molecule has 0 aromatic heterocycles. The molecule has 14 heavy (non-hydrogen) atoms. The summed E-state index contributed by atoms with van der Waals surface area (Å²) >= 11 is 0. The van der Waals surface area contributed by atoms with Gasteiger partial charge in [0.25, 0.3) is 0 Å². The van der Waals surface area contributed by atoms with Gasteiger partial charge in [-0.1, -0.05) is 24.1 Å². The van der Waals surface area contributed by atoms with Crippen molar-refractivity contribution >= 4 is 11.7 Å². The molecule has 2 N–H and O–H groups in total. The van der Waals surface area contributed by atoms with Crippen LogP contribution >= 0.6 is 0 Å². The number of nitrogens with one attached hydrogen (secondary N) is 2. The lowest BCUT2D eigenvalue weighted by atomic mass is 10.2. The number of carbonyl (C=O) groups is 1. The lowest BCUT2D eigenvalue weighted by Crippen LogP contribution is -2.29. The zero-order valence-corrected chi connectivity index (χ0v) is 8.00. The predicted molar refractivity (Wildman–Crippen MR) is 57.0 cm³/mol. The average Bonchev–Trinajstić information content (AvgIpc) is 2.18. The van der Waals surface area contributed by atoms with E-state index >= 15 is 0 Å². The molecule has 3 heteroatoms. The van der Waals surface area contributed by atoms with Crippen molar-refractivity contribution in [1.82, 2.24) is 5.32 Å². The molecule has 0 saturated heterocycles. The van der Waals surface area contributed by atoms with E-state index < -0.39 is 0 Å². The number of amides is 2. The number of urea groups is 1. The van der Waals surface area contributed by atoms with Gasteiger partial charge in [-0.25, -0.2) is 4.79 Å². The van der Waals surface area contributed by atoms with Gasteiger partial charge in [-0.2, -0.15) is 0 Å². The highest BCUT2D eigenvalue weighted by molar-refractivity contribution is 5.90. The van der Waals surface area contributed by atoms with E-state index in [0.29, 0.717) is 0 Å². The summed E-state index contributed by atoms with van der Waals surface area (Å²) in [7, 11) is 0. The highest BCUT2D eigenvalue weighted by Crippen LogP contribution is 2.12. The maximum absolute atomic E-state index is 11.2. The molecule has 0 saturated carbocycles. The Kier molecular flexibility index (Phi) is 3.57. The Morgan fingerprint density at radius 3 is 2.86 bits per heavy atom. The normalized spacial score (nSPS) is 8.86. The lowest BCUT2D eigenvalue weighted by molar-refractivity contribution is 0.253. The monoisotopic (exact) mass is 188 g/mol. The van der Waals surface area contributed by atoms with E-state index in [1.807, 2.05) is 31.2 Å². The van der Waals surface area contributed by atoms with Gasteiger partial charge in [0.05, 0.1) is 6.54 Å². The van der Waals surface area contributed by atoms with Gasteiger partial charge >= 0.3 is 6.03 Å². The van der Waals surface area contributed by atoms with E-state index in [2.05, 4.69) is 16.6 Å². The Bertz CT molecular complexity index is 366. The number of aryl methyl sites for hydroxylation is 1. The van der Waals surface area contributed by atoms with Gasteiger partial charge in [-0.05, 0) is 18.6 Å². The maximum atomic E-state index is 11.2. The van der Waals surface area contributed by atoms with Crippen LogP contribution in [0, 0.1) is 19.3 Å². The van der Waals surface area contributed by atoms with Crippen molar-refractivity contribution in [3.05, 3.63) is 29.8 Å². The van der Waals surface area contributed by atoms with E-state index in [-0.39, 0.29) is 12.6 Å². The van der Waals surface area contributed by atoms with Crippen molar-refractivity contribution < 1.29 is 4.79 Å². The largest absolute Gasteiger partial charge is 0.327 e. The second kappa shape index (κ2) is 4.93. The lowest BCUT2D eigenvalue weighted by Gasteiger charge is -2.07. The molecule has 0 aliphatic carbocycles. The molecule has 1 aromatic rings. The highest BCUT2D eigenvalue weighted by Gasteiger charge is 2.01. The topological polar surface area (TPSA) is 41.1 Å². The number of benzene rings is 1. The number of hydrogen-bond acceptors (Lipinski definition) is 1. The number of anilines is 1. The van der Waals surface area contributed by atoms with Gasteiger partial charge in [0, 0.05) is 5.69 Å². The van der Waals surface area contributed by atoms with Gasteiger partial charge in [0.2, 0.25) is 0 Å². The number of rotatable bonds is 2. The fourth-order valence-corrected chi connectivity index (χ4v) is 1.01. The fraction of sp³-hybridized carbons (Fsp3) is 0.182. The fourth-order valence-electron chi connectivity index (χ4n) is 1.01. The Morgan fingerprint density at radius 2 is 2.21 bits per heavy atom. The van der Waals surface area contributed by atoms with Crippen LogP contribution in [0.1, 0.15) is 5.56 Å². The van der Waals surface area contributed by atoms with Crippen molar-refractivity contribution in [1.29, 1.82) is 0 Å². The maximum Gasteiger partial charge on any atom is 0.320 e. The van der Waals surface area contributed by atoms with E-state index in [1.165, 1.54) is 0 Å². The van der Waals surface area contributed by atoms with E-state index in [1.54, 1.807) is 0 Å². The first-order valence-electron chi connectivity index (χ1n) is 4.28. The van der Waals surface area contributed by atoms with Gasteiger partial charge in [-0.15, -0.1) is 6.42 Å². The second-order valence-electron chi connectivity index (χ2n) is 2.83. The van der Waals surface area contributed by atoms with E-state index in [9.17, 15) is 4.79 Å². The van der Waals surface area contributed by atoms with Crippen LogP contribution in [0.15, 0.2) is 24.3 Å². The molecule has 2 amide bonds. The summed E-state index contributed by atoms with van der Waals surface area (Å²) in [5.41, 5.74) is 1.81. The summed E-state index contributed by atoms with van der Waals surface area (Å²) in [5, 5.41) is 5.22. The second-order valence-corrected chi connectivity index (χ2v) is 2.83. The van der Waals surface area contributed by atoms with Crippen LogP contribution in [0.3, 0.4) is 0 Å². The summed E-state index contributed by atoms with van der Waals surface area (Å²) in [5.74, 6) is 2.33. The van der Waals surface area contributed by atoms with Crippen molar-refractivity contribution in [3.63, 3.8) is 0 Å². The van der Waals surface area contributed by atoms with Crippen LogP contribution in [0.2, 0.25) is 0 Å². The third-order valence-electron chi connectivity index (χ3n) is 1.74. The van der Waals surface area contributed by atoms with Crippen LogP contribution < -0.4 is 10.6 Å². The molecule has 0 aliphatic rings. The molecular formula is C11H12N2O. The van der Waals surface area contributed by atoms with Gasteiger partial charge in [-0.3, -0.25) is 0 Å². The third kappa shape index (κ3) is 2.83. The summed E-state index contributed by atoms with van der Waals surface area (Å²) in [6, 6.07) is 7.27. The minimum atomic E-state index is -0.280. The molecule has 0 aliphatic heterocycles. The van der Waals surface area contributed by atoms with Crippen LogP contribution in [-0.2, 0) is 0 Å². The Hall–Kier alpha value is -1.95. The molecule has 1 aromatic carbocycles. The number of para-hydroxylation sites is 1.